The van der Waals surface area contributed by atoms with Crippen LogP contribution in [0.3, 0.4) is 0 Å². The molecule has 98 valence electrons. The van der Waals surface area contributed by atoms with E-state index < -0.39 is 12.1 Å². The number of carbonyl (C=O) groups is 1. The Bertz CT molecular complexity index is 551. The molecule has 0 radical (unpaired) electrons. The van der Waals surface area contributed by atoms with Gasteiger partial charge in [0, 0.05) is 6.07 Å². The van der Waals surface area contributed by atoms with Crippen molar-refractivity contribution in [1.82, 2.24) is 0 Å². The average molecular weight is 258 g/mol. The van der Waals surface area contributed by atoms with E-state index in [4.69, 9.17) is 14.6 Å². The van der Waals surface area contributed by atoms with Gasteiger partial charge in [0.25, 0.3) is 0 Å². The summed E-state index contributed by atoms with van der Waals surface area (Å²) in [4.78, 5) is 10.7. The van der Waals surface area contributed by atoms with Crippen LogP contribution in [-0.4, -0.2) is 17.2 Å². The standard InChI is InChI=1S/C15H14O4/c1-11(15(16)17)18-13-8-5-9-14(10-13)19-12-6-3-2-4-7-12/h2-11H,1H3,(H,16,17). The zero-order chi connectivity index (χ0) is 13.7. The van der Waals surface area contributed by atoms with Crippen molar-refractivity contribution >= 4 is 5.97 Å². The first-order chi connectivity index (χ1) is 9.15. The van der Waals surface area contributed by atoms with Crippen molar-refractivity contribution in [1.29, 1.82) is 0 Å². The van der Waals surface area contributed by atoms with Gasteiger partial charge in [0.2, 0.25) is 0 Å². The van der Waals surface area contributed by atoms with Gasteiger partial charge in [-0.05, 0) is 31.2 Å². The van der Waals surface area contributed by atoms with Gasteiger partial charge in [-0.3, -0.25) is 0 Å². The van der Waals surface area contributed by atoms with Crippen molar-refractivity contribution in [3.05, 3.63) is 54.6 Å². The summed E-state index contributed by atoms with van der Waals surface area (Å²) < 4.78 is 10.9. The summed E-state index contributed by atoms with van der Waals surface area (Å²) in [5, 5.41) is 8.79. The van der Waals surface area contributed by atoms with Gasteiger partial charge in [-0.25, -0.2) is 4.79 Å². The number of hydrogen-bond donors (Lipinski definition) is 1. The summed E-state index contributed by atoms with van der Waals surface area (Å²) in [5.41, 5.74) is 0. The summed E-state index contributed by atoms with van der Waals surface area (Å²) in [6.07, 6.45) is -0.896. The second-order valence-corrected chi connectivity index (χ2v) is 3.99. The lowest BCUT2D eigenvalue weighted by molar-refractivity contribution is -0.144. The normalized spacial score (nSPS) is 11.6. The van der Waals surface area contributed by atoms with Crippen LogP contribution in [0.5, 0.6) is 17.2 Å². The Morgan fingerprint density at radius 2 is 1.63 bits per heavy atom. The second-order valence-electron chi connectivity index (χ2n) is 3.99. The summed E-state index contributed by atoms with van der Waals surface area (Å²) >= 11 is 0. The number of hydrogen-bond acceptors (Lipinski definition) is 3. The van der Waals surface area contributed by atoms with E-state index in [1.807, 2.05) is 30.3 Å². The highest BCUT2D eigenvalue weighted by molar-refractivity contribution is 5.72. The molecule has 0 aliphatic rings. The van der Waals surface area contributed by atoms with Crippen molar-refractivity contribution in [3.8, 4) is 17.2 Å². The number of aliphatic carboxylic acids is 1. The zero-order valence-electron chi connectivity index (χ0n) is 10.4. The van der Waals surface area contributed by atoms with E-state index >= 15 is 0 Å². The minimum absolute atomic E-state index is 0.461. The van der Waals surface area contributed by atoms with Crippen LogP contribution < -0.4 is 9.47 Å². The van der Waals surface area contributed by atoms with Gasteiger partial charge in [-0.15, -0.1) is 0 Å². The number of para-hydroxylation sites is 1. The molecule has 0 heterocycles. The average Bonchev–Trinajstić information content (AvgIpc) is 2.40. The SMILES string of the molecule is CC(Oc1cccc(Oc2ccccc2)c1)C(=O)O. The summed E-state index contributed by atoms with van der Waals surface area (Å²) in [6, 6.07) is 16.2. The van der Waals surface area contributed by atoms with Crippen LogP contribution in [0, 0.1) is 0 Å². The fourth-order valence-corrected chi connectivity index (χ4v) is 1.49. The number of ether oxygens (including phenoxy) is 2. The van der Waals surface area contributed by atoms with Crippen LogP contribution >= 0.6 is 0 Å². The molecule has 0 bridgehead atoms. The molecule has 4 heteroatoms. The zero-order valence-corrected chi connectivity index (χ0v) is 10.4. The number of carboxylic acids is 1. The molecule has 4 nitrogen and oxygen atoms in total. The lowest BCUT2D eigenvalue weighted by Crippen LogP contribution is -2.22. The first-order valence-corrected chi connectivity index (χ1v) is 5.87. The Morgan fingerprint density at radius 3 is 2.32 bits per heavy atom. The van der Waals surface area contributed by atoms with E-state index in [-0.39, 0.29) is 0 Å². The maximum Gasteiger partial charge on any atom is 0.344 e. The van der Waals surface area contributed by atoms with Crippen molar-refractivity contribution in [3.63, 3.8) is 0 Å². The molecule has 1 atom stereocenters. The highest BCUT2D eigenvalue weighted by Gasteiger charge is 2.12. The monoisotopic (exact) mass is 258 g/mol. The van der Waals surface area contributed by atoms with E-state index in [1.165, 1.54) is 6.92 Å². The molecular weight excluding hydrogens is 244 g/mol. The maximum atomic E-state index is 10.7. The maximum absolute atomic E-state index is 10.7. The molecule has 0 saturated carbocycles. The van der Waals surface area contributed by atoms with Gasteiger partial charge in [0.1, 0.15) is 17.2 Å². The van der Waals surface area contributed by atoms with Crippen LogP contribution in [0.25, 0.3) is 0 Å². The van der Waals surface area contributed by atoms with Gasteiger partial charge < -0.3 is 14.6 Å². The Morgan fingerprint density at radius 1 is 1.00 bits per heavy atom. The molecule has 0 spiro atoms. The molecule has 2 aromatic rings. The third-order valence-electron chi connectivity index (χ3n) is 2.45. The van der Waals surface area contributed by atoms with Crippen molar-refractivity contribution in [2.24, 2.45) is 0 Å². The lowest BCUT2D eigenvalue weighted by atomic mass is 10.3. The predicted octanol–water partition coefficient (Wildman–Crippen LogP) is 3.33. The molecule has 2 aromatic carbocycles. The first-order valence-electron chi connectivity index (χ1n) is 5.87. The van der Waals surface area contributed by atoms with E-state index in [0.717, 1.165) is 0 Å². The van der Waals surface area contributed by atoms with Crippen LogP contribution in [-0.2, 0) is 4.79 Å². The molecule has 0 fully saturated rings. The van der Waals surface area contributed by atoms with Gasteiger partial charge in [0.05, 0.1) is 0 Å². The van der Waals surface area contributed by atoms with Crippen molar-refractivity contribution in [2.45, 2.75) is 13.0 Å². The minimum atomic E-state index is -1.01. The summed E-state index contributed by atoms with van der Waals surface area (Å²) in [7, 11) is 0. The largest absolute Gasteiger partial charge is 0.479 e. The van der Waals surface area contributed by atoms with Crippen LogP contribution in [0.15, 0.2) is 54.6 Å². The number of benzene rings is 2. The van der Waals surface area contributed by atoms with Gasteiger partial charge in [0.15, 0.2) is 6.10 Å². The first kappa shape index (κ1) is 13.0. The van der Waals surface area contributed by atoms with Crippen LogP contribution in [0.2, 0.25) is 0 Å². The molecule has 2 rings (SSSR count). The molecule has 0 aliphatic carbocycles. The Kier molecular flexibility index (Phi) is 4.03. The Balaban J connectivity index is 2.09. The topological polar surface area (TPSA) is 55.8 Å². The number of rotatable bonds is 5. The molecule has 19 heavy (non-hydrogen) atoms. The molecule has 0 aromatic heterocycles. The van der Waals surface area contributed by atoms with Crippen molar-refractivity contribution < 1.29 is 19.4 Å². The van der Waals surface area contributed by atoms with Crippen molar-refractivity contribution in [2.75, 3.05) is 0 Å². The molecule has 1 unspecified atom stereocenters. The second kappa shape index (κ2) is 5.91. The van der Waals surface area contributed by atoms with Gasteiger partial charge in [-0.1, -0.05) is 24.3 Å². The summed E-state index contributed by atoms with van der Waals surface area (Å²) in [6.45, 7) is 1.48. The molecule has 0 amide bonds. The fourth-order valence-electron chi connectivity index (χ4n) is 1.49. The smallest absolute Gasteiger partial charge is 0.344 e. The lowest BCUT2D eigenvalue weighted by Gasteiger charge is -2.11. The molecule has 0 saturated heterocycles. The minimum Gasteiger partial charge on any atom is -0.479 e. The Hall–Kier alpha value is -2.49. The van der Waals surface area contributed by atoms with Gasteiger partial charge in [-0.2, -0.15) is 0 Å². The third-order valence-corrected chi connectivity index (χ3v) is 2.45. The highest BCUT2D eigenvalue weighted by atomic mass is 16.5. The van der Waals surface area contributed by atoms with Crippen LogP contribution in [0.1, 0.15) is 6.92 Å². The van der Waals surface area contributed by atoms with Crippen LogP contribution in [0.4, 0.5) is 0 Å². The fraction of sp³-hybridized carbons (Fsp3) is 0.133. The molecular formula is C15H14O4. The number of carboxylic acid groups (broad SMARTS) is 1. The Labute approximate surface area is 111 Å². The van der Waals surface area contributed by atoms with E-state index in [0.29, 0.717) is 17.2 Å². The molecule has 0 aliphatic heterocycles. The van der Waals surface area contributed by atoms with E-state index in [1.54, 1.807) is 24.3 Å². The highest BCUT2D eigenvalue weighted by Crippen LogP contribution is 2.25. The third kappa shape index (κ3) is 3.74. The quantitative estimate of drug-likeness (QED) is 0.893. The molecule has 1 N–H and O–H groups in total. The predicted molar refractivity (Wildman–Crippen MR) is 70.7 cm³/mol. The van der Waals surface area contributed by atoms with E-state index in [9.17, 15) is 4.79 Å². The van der Waals surface area contributed by atoms with Gasteiger partial charge >= 0.3 is 5.97 Å². The van der Waals surface area contributed by atoms with E-state index in [2.05, 4.69) is 0 Å². The summed E-state index contributed by atoms with van der Waals surface area (Å²) in [5.74, 6) is 0.768.